The van der Waals surface area contributed by atoms with E-state index in [1.807, 2.05) is 24.3 Å². The molecule has 0 aliphatic carbocycles. The molecule has 1 atom stereocenters. The molecule has 1 aliphatic rings. The van der Waals surface area contributed by atoms with E-state index in [2.05, 4.69) is 38.4 Å². The number of ether oxygens (including phenoxy) is 1. The van der Waals surface area contributed by atoms with Crippen molar-refractivity contribution in [3.63, 3.8) is 0 Å². The zero-order valence-electron chi connectivity index (χ0n) is 16.3. The molecule has 29 heavy (non-hydrogen) atoms. The summed E-state index contributed by atoms with van der Waals surface area (Å²) in [4.78, 5) is 10.9. The van der Waals surface area contributed by atoms with Crippen molar-refractivity contribution in [2.75, 3.05) is 32.1 Å². The van der Waals surface area contributed by atoms with Crippen LogP contribution in [-0.2, 0) is 0 Å². The van der Waals surface area contributed by atoms with Crippen molar-refractivity contribution in [2.45, 2.75) is 18.9 Å². The molecule has 3 aromatic rings. The van der Waals surface area contributed by atoms with E-state index in [9.17, 15) is 5.26 Å². The first-order valence-electron chi connectivity index (χ1n) is 9.71. The maximum Gasteiger partial charge on any atom is 0.232 e. The summed E-state index contributed by atoms with van der Waals surface area (Å²) in [5.74, 6) is 1.62. The van der Waals surface area contributed by atoms with Gasteiger partial charge in [-0.2, -0.15) is 10.2 Å². The molecule has 1 saturated heterocycles. The van der Waals surface area contributed by atoms with Gasteiger partial charge in [0.25, 0.3) is 0 Å². The molecule has 7 nitrogen and oxygen atoms in total. The van der Waals surface area contributed by atoms with E-state index >= 15 is 0 Å². The Morgan fingerprint density at radius 3 is 2.69 bits per heavy atom. The van der Waals surface area contributed by atoms with E-state index in [4.69, 9.17) is 9.15 Å². The molecular formula is C22H23N5O2. The summed E-state index contributed by atoms with van der Waals surface area (Å²) in [6.07, 6.45) is 5.75. The SMILES string of the molecule is COc1ccc(C(CNc2oc(-c3cccnc3)nc2C#N)N2CCCC2)cc1. The number of oxazole rings is 1. The van der Waals surface area contributed by atoms with Crippen molar-refractivity contribution in [3.05, 3.63) is 60.0 Å². The van der Waals surface area contributed by atoms with Crippen molar-refractivity contribution >= 4 is 5.88 Å². The predicted molar refractivity (Wildman–Crippen MR) is 109 cm³/mol. The molecule has 7 heteroatoms. The number of nitrogens with zero attached hydrogens (tertiary/aromatic N) is 4. The first kappa shape index (κ1) is 19.0. The van der Waals surface area contributed by atoms with E-state index in [0.717, 1.165) is 24.4 Å². The number of nitriles is 1. The molecule has 1 unspecified atom stereocenters. The van der Waals surface area contributed by atoms with Crippen LogP contribution in [0.2, 0.25) is 0 Å². The summed E-state index contributed by atoms with van der Waals surface area (Å²) < 4.78 is 11.1. The van der Waals surface area contributed by atoms with Gasteiger partial charge in [0.1, 0.15) is 11.8 Å². The molecule has 3 heterocycles. The Balaban J connectivity index is 1.55. The molecule has 0 saturated carbocycles. The molecule has 1 N–H and O–H groups in total. The summed E-state index contributed by atoms with van der Waals surface area (Å²) in [5.41, 5.74) is 2.19. The van der Waals surface area contributed by atoms with Crippen LogP contribution in [0.1, 0.15) is 30.1 Å². The van der Waals surface area contributed by atoms with Crippen LogP contribution in [0.15, 0.2) is 53.2 Å². The highest BCUT2D eigenvalue weighted by atomic mass is 16.5. The molecule has 0 spiro atoms. The normalized spacial score (nSPS) is 15.0. The fraction of sp³-hybridized carbons (Fsp3) is 0.318. The second-order valence-corrected chi connectivity index (χ2v) is 6.96. The monoisotopic (exact) mass is 389 g/mol. The van der Waals surface area contributed by atoms with E-state index < -0.39 is 0 Å². The Labute approximate surface area is 170 Å². The van der Waals surface area contributed by atoms with Crippen molar-refractivity contribution in [3.8, 4) is 23.3 Å². The summed E-state index contributed by atoms with van der Waals surface area (Å²) in [7, 11) is 1.67. The lowest BCUT2D eigenvalue weighted by Crippen LogP contribution is -2.31. The summed E-state index contributed by atoms with van der Waals surface area (Å²) >= 11 is 0. The van der Waals surface area contributed by atoms with Gasteiger partial charge in [-0.15, -0.1) is 0 Å². The Morgan fingerprint density at radius 2 is 2.03 bits per heavy atom. The van der Waals surface area contributed by atoms with Gasteiger partial charge in [0.05, 0.1) is 18.7 Å². The molecule has 1 fully saturated rings. The molecule has 1 aliphatic heterocycles. The fourth-order valence-electron chi connectivity index (χ4n) is 3.65. The van der Waals surface area contributed by atoms with Crippen molar-refractivity contribution in [1.29, 1.82) is 5.26 Å². The number of benzene rings is 1. The maximum absolute atomic E-state index is 9.48. The Kier molecular flexibility index (Phi) is 5.73. The number of hydrogen-bond acceptors (Lipinski definition) is 7. The number of pyridine rings is 1. The number of likely N-dealkylation sites (tertiary alicyclic amines) is 1. The van der Waals surface area contributed by atoms with Gasteiger partial charge in [0, 0.05) is 18.9 Å². The summed E-state index contributed by atoms with van der Waals surface area (Å²) in [5, 5.41) is 12.8. The van der Waals surface area contributed by atoms with Crippen molar-refractivity contribution < 1.29 is 9.15 Å². The van der Waals surface area contributed by atoms with Gasteiger partial charge in [0.15, 0.2) is 0 Å². The van der Waals surface area contributed by atoms with Crippen LogP contribution in [0, 0.1) is 11.3 Å². The predicted octanol–water partition coefficient (Wildman–Crippen LogP) is 3.87. The molecule has 0 bridgehead atoms. The molecule has 4 rings (SSSR count). The first-order valence-corrected chi connectivity index (χ1v) is 9.71. The minimum atomic E-state index is 0.168. The van der Waals surface area contributed by atoms with Crippen LogP contribution in [-0.4, -0.2) is 41.6 Å². The molecule has 2 aromatic heterocycles. The Morgan fingerprint density at radius 1 is 1.24 bits per heavy atom. The van der Waals surface area contributed by atoms with Gasteiger partial charge in [-0.1, -0.05) is 12.1 Å². The van der Waals surface area contributed by atoms with Gasteiger partial charge >= 0.3 is 0 Å². The van der Waals surface area contributed by atoms with E-state index in [1.54, 1.807) is 19.5 Å². The van der Waals surface area contributed by atoms with Crippen LogP contribution in [0.3, 0.4) is 0 Å². The largest absolute Gasteiger partial charge is 0.497 e. The molecule has 0 amide bonds. The minimum absolute atomic E-state index is 0.168. The highest BCUT2D eigenvalue weighted by Crippen LogP contribution is 2.29. The van der Waals surface area contributed by atoms with Gasteiger partial charge in [0.2, 0.25) is 17.5 Å². The standard InChI is InChI=1S/C22H23N5O2/c1-28-18-8-6-16(7-9-18)20(27-11-2-3-12-27)15-25-22-19(13-23)26-21(29-22)17-5-4-10-24-14-17/h4-10,14,20,25H,2-3,11-12,15H2,1H3. The van der Waals surface area contributed by atoms with Crippen molar-refractivity contribution in [2.24, 2.45) is 0 Å². The average Bonchev–Trinajstić information content (AvgIpc) is 3.45. The van der Waals surface area contributed by atoms with Crippen LogP contribution in [0.25, 0.3) is 11.5 Å². The van der Waals surface area contributed by atoms with Crippen LogP contribution >= 0.6 is 0 Å². The van der Waals surface area contributed by atoms with E-state index in [1.165, 1.54) is 18.4 Å². The lowest BCUT2D eigenvalue weighted by atomic mass is 10.1. The van der Waals surface area contributed by atoms with Gasteiger partial charge in [-0.3, -0.25) is 9.88 Å². The maximum atomic E-state index is 9.48. The van der Waals surface area contributed by atoms with Crippen LogP contribution < -0.4 is 10.1 Å². The molecule has 1 aromatic carbocycles. The van der Waals surface area contributed by atoms with Crippen LogP contribution in [0.5, 0.6) is 5.75 Å². The first-order chi connectivity index (χ1) is 14.3. The topological polar surface area (TPSA) is 87.2 Å². The molecular weight excluding hydrogens is 366 g/mol. The lowest BCUT2D eigenvalue weighted by molar-refractivity contribution is 0.255. The zero-order chi connectivity index (χ0) is 20.1. The third kappa shape index (κ3) is 4.23. The van der Waals surface area contributed by atoms with Gasteiger partial charge < -0.3 is 14.5 Å². The number of aromatic nitrogens is 2. The number of hydrogen-bond donors (Lipinski definition) is 1. The highest BCUT2D eigenvalue weighted by molar-refractivity contribution is 5.57. The number of rotatable bonds is 7. The summed E-state index contributed by atoms with van der Waals surface area (Å²) in [6.45, 7) is 2.73. The average molecular weight is 389 g/mol. The second kappa shape index (κ2) is 8.76. The van der Waals surface area contributed by atoms with E-state index in [0.29, 0.717) is 18.3 Å². The lowest BCUT2D eigenvalue weighted by Gasteiger charge is -2.28. The zero-order valence-corrected chi connectivity index (χ0v) is 16.3. The third-order valence-electron chi connectivity index (χ3n) is 5.18. The number of nitrogens with one attached hydrogen (secondary N) is 1. The van der Waals surface area contributed by atoms with Crippen LogP contribution in [0.4, 0.5) is 5.88 Å². The molecule has 148 valence electrons. The Bertz CT molecular complexity index is 973. The number of methoxy groups -OCH3 is 1. The minimum Gasteiger partial charge on any atom is -0.497 e. The fourth-order valence-corrected chi connectivity index (χ4v) is 3.65. The van der Waals surface area contributed by atoms with Gasteiger partial charge in [-0.05, 0) is 55.8 Å². The highest BCUT2D eigenvalue weighted by Gasteiger charge is 2.25. The number of anilines is 1. The summed E-state index contributed by atoms with van der Waals surface area (Å²) in [6, 6.07) is 14.1. The second-order valence-electron chi connectivity index (χ2n) is 6.96. The third-order valence-corrected chi connectivity index (χ3v) is 5.18. The van der Waals surface area contributed by atoms with Crippen molar-refractivity contribution in [1.82, 2.24) is 14.9 Å². The smallest absolute Gasteiger partial charge is 0.232 e. The Hall–Kier alpha value is -3.37. The molecule has 0 radical (unpaired) electrons. The van der Waals surface area contributed by atoms with E-state index in [-0.39, 0.29) is 11.7 Å². The van der Waals surface area contributed by atoms with Gasteiger partial charge in [-0.25, -0.2) is 0 Å². The quantitative estimate of drug-likeness (QED) is 0.656.